The predicted molar refractivity (Wildman–Crippen MR) is 68.0 cm³/mol. The van der Waals surface area contributed by atoms with Gasteiger partial charge in [0.2, 0.25) is 0 Å². The normalized spacial score (nSPS) is 11.5. The zero-order valence-electron chi connectivity index (χ0n) is 10.9. The Bertz CT molecular complexity index is 496. The van der Waals surface area contributed by atoms with Crippen molar-refractivity contribution in [1.82, 2.24) is 0 Å². The molecule has 1 rings (SSSR count). The number of benzene rings is 1. The minimum Gasteiger partial charge on any atom is -0.480 e. The maximum atomic E-state index is 11.3. The van der Waals surface area contributed by atoms with Gasteiger partial charge in [0, 0.05) is 0 Å². The van der Waals surface area contributed by atoms with Crippen molar-refractivity contribution < 1.29 is 29.0 Å². The zero-order valence-corrected chi connectivity index (χ0v) is 10.9. The summed E-state index contributed by atoms with van der Waals surface area (Å²) < 4.78 is 9.26. The lowest BCUT2D eigenvalue weighted by molar-refractivity contribution is -0.161. The SMILES string of the molecule is CCOC(=O)C(=O)Oc1ccc(C[C@H](N)C(=O)O)cc1. The van der Waals surface area contributed by atoms with E-state index in [-0.39, 0.29) is 18.8 Å². The van der Waals surface area contributed by atoms with E-state index in [1.807, 2.05) is 0 Å². The summed E-state index contributed by atoms with van der Waals surface area (Å²) >= 11 is 0. The van der Waals surface area contributed by atoms with Gasteiger partial charge in [0.05, 0.1) is 6.61 Å². The van der Waals surface area contributed by atoms with Crippen LogP contribution in [0, 0.1) is 0 Å². The molecule has 108 valence electrons. The zero-order chi connectivity index (χ0) is 15.1. The van der Waals surface area contributed by atoms with E-state index in [9.17, 15) is 14.4 Å². The summed E-state index contributed by atoms with van der Waals surface area (Å²) in [6.45, 7) is 1.66. The van der Waals surface area contributed by atoms with E-state index in [1.165, 1.54) is 12.1 Å². The first-order valence-electron chi connectivity index (χ1n) is 5.90. The molecule has 3 N–H and O–H groups in total. The van der Waals surface area contributed by atoms with Crippen molar-refractivity contribution >= 4 is 17.9 Å². The number of hydrogen-bond donors (Lipinski definition) is 2. The summed E-state index contributed by atoms with van der Waals surface area (Å²) in [5.41, 5.74) is 6.07. The van der Waals surface area contributed by atoms with Gasteiger partial charge in [0.25, 0.3) is 0 Å². The molecule has 0 bridgehead atoms. The maximum absolute atomic E-state index is 11.3. The second-order valence-corrected chi connectivity index (χ2v) is 3.90. The monoisotopic (exact) mass is 281 g/mol. The van der Waals surface area contributed by atoms with Crippen LogP contribution in [0.3, 0.4) is 0 Å². The number of aliphatic carboxylic acids is 1. The minimum atomic E-state index is -1.11. The quantitative estimate of drug-likeness (QED) is 0.447. The molecule has 0 fully saturated rings. The van der Waals surface area contributed by atoms with E-state index >= 15 is 0 Å². The molecule has 0 radical (unpaired) electrons. The summed E-state index contributed by atoms with van der Waals surface area (Å²) in [7, 11) is 0. The Labute approximate surface area is 115 Å². The molecule has 0 aliphatic carbocycles. The highest BCUT2D eigenvalue weighted by Gasteiger charge is 2.17. The van der Waals surface area contributed by atoms with E-state index in [4.69, 9.17) is 15.6 Å². The van der Waals surface area contributed by atoms with Crippen LogP contribution in [0.2, 0.25) is 0 Å². The van der Waals surface area contributed by atoms with Gasteiger partial charge in [0.15, 0.2) is 0 Å². The number of hydrogen-bond acceptors (Lipinski definition) is 6. The van der Waals surface area contributed by atoms with Crippen molar-refractivity contribution in [1.29, 1.82) is 0 Å². The van der Waals surface area contributed by atoms with Crippen LogP contribution in [-0.2, 0) is 25.5 Å². The number of carbonyl (C=O) groups excluding carboxylic acids is 2. The lowest BCUT2D eigenvalue weighted by Crippen LogP contribution is -2.32. The minimum absolute atomic E-state index is 0.0833. The lowest BCUT2D eigenvalue weighted by Gasteiger charge is -2.07. The van der Waals surface area contributed by atoms with Gasteiger partial charge in [-0.2, -0.15) is 0 Å². The Morgan fingerprint density at radius 2 is 1.80 bits per heavy atom. The van der Waals surface area contributed by atoms with Gasteiger partial charge in [-0.3, -0.25) is 4.79 Å². The molecule has 1 aromatic rings. The molecule has 0 aliphatic rings. The molecular weight excluding hydrogens is 266 g/mol. The van der Waals surface area contributed by atoms with Crippen LogP contribution in [0.15, 0.2) is 24.3 Å². The van der Waals surface area contributed by atoms with E-state index in [2.05, 4.69) is 4.74 Å². The highest BCUT2D eigenvalue weighted by atomic mass is 16.6. The Kier molecular flexibility index (Phi) is 5.67. The molecule has 0 unspecified atom stereocenters. The summed E-state index contributed by atoms with van der Waals surface area (Å²) in [6, 6.07) is 5.03. The summed E-state index contributed by atoms with van der Waals surface area (Å²) in [4.78, 5) is 32.9. The number of ether oxygens (including phenoxy) is 2. The van der Waals surface area contributed by atoms with E-state index in [1.54, 1.807) is 19.1 Å². The van der Waals surface area contributed by atoms with Gasteiger partial charge in [-0.05, 0) is 31.0 Å². The first-order valence-corrected chi connectivity index (χ1v) is 5.90. The van der Waals surface area contributed by atoms with Crippen LogP contribution in [0.25, 0.3) is 0 Å². The molecule has 0 heterocycles. The van der Waals surface area contributed by atoms with Crippen molar-refractivity contribution in [2.45, 2.75) is 19.4 Å². The third-order valence-electron chi connectivity index (χ3n) is 2.35. The molecule has 0 saturated heterocycles. The van der Waals surface area contributed by atoms with Gasteiger partial charge in [0.1, 0.15) is 11.8 Å². The summed E-state index contributed by atoms with van der Waals surface area (Å²) in [6.07, 6.45) is 0.154. The first-order chi connectivity index (χ1) is 9.43. The van der Waals surface area contributed by atoms with Crippen LogP contribution >= 0.6 is 0 Å². The van der Waals surface area contributed by atoms with Crippen LogP contribution in [0.1, 0.15) is 12.5 Å². The van der Waals surface area contributed by atoms with E-state index in [0.29, 0.717) is 5.56 Å². The Balaban J connectivity index is 2.61. The van der Waals surface area contributed by atoms with Crippen LogP contribution < -0.4 is 10.5 Å². The van der Waals surface area contributed by atoms with E-state index < -0.39 is 23.9 Å². The second kappa shape index (κ2) is 7.25. The predicted octanol–water partition coefficient (Wildman–Crippen LogP) is 0.110. The average Bonchev–Trinajstić information content (AvgIpc) is 2.41. The molecule has 0 aromatic heterocycles. The van der Waals surface area contributed by atoms with Gasteiger partial charge in [-0.15, -0.1) is 0 Å². The summed E-state index contributed by atoms with van der Waals surface area (Å²) in [5.74, 6) is -3.11. The fourth-order valence-electron chi connectivity index (χ4n) is 1.37. The number of nitrogens with two attached hydrogens (primary N) is 1. The topological polar surface area (TPSA) is 116 Å². The van der Waals surface area contributed by atoms with Crippen LogP contribution in [0.4, 0.5) is 0 Å². The van der Waals surface area contributed by atoms with Gasteiger partial charge in [-0.25, -0.2) is 9.59 Å². The standard InChI is InChI=1S/C13H15NO6/c1-2-19-12(17)13(18)20-9-5-3-8(4-6-9)7-10(14)11(15)16/h3-6,10H,2,7,14H2,1H3,(H,15,16)/t10-/m0/s1. The van der Waals surface area contributed by atoms with Crippen LogP contribution in [0.5, 0.6) is 5.75 Å². The third-order valence-corrected chi connectivity index (χ3v) is 2.35. The molecule has 0 spiro atoms. The Morgan fingerprint density at radius 1 is 1.20 bits per heavy atom. The molecule has 20 heavy (non-hydrogen) atoms. The van der Waals surface area contributed by atoms with E-state index in [0.717, 1.165) is 0 Å². The molecule has 7 heteroatoms. The maximum Gasteiger partial charge on any atom is 0.422 e. The second-order valence-electron chi connectivity index (χ2n) is 3.90. The number of esters is 2. The third kappa shape index (κ3) is 4.69. The van der Waals surface area contributed by atoms with Crippen molar-refractivity contribution in [3.8, 4) is 5.75 Å². The molecule has 1 aromatic carbocycles. The first kappa shape index (κ1) is 15.6. The lowest BCUT2D eigenvalue weighted by atomic mass is 10.1. The number of carboxylic acids is 1. The average molecular weight is 281 g/mol. The summed E-state index contributed by atoms with van der Waals surface area (Å²) in [5, 5.41) is 8.68. The van der Waals surface area contributed by atoms with Crippen LogP contribution in [-0.4, -0.2) is 35.7 Å². The van der Waals surface area contributed by atoms with Crippen molar-refractivity contribution in [3.63, 3.8) is 0 Å². The number of carbonyl (C=O) groups is 3. The molecule has 0 amide bonds. The van der Waals surface area contributed by atoms with Crippen molar-refractivity contribution in [2.24, 2.45) is 5.73 Å². The number of rotatable bonds is 5. The molecule has 0 saturated carbocycles. The Morgan fingerprint density at radius 3 is 2.30 bits per heavy atom. The van der Waals surface area contributed by atoms with Crippen molar-refractivity contribution in [3.05, 3.63) is 29.8 Å². The van der Waals surface area contributed by atoms with Gasteiger partial charge in [-0.1, -0.05) is 12.1 Å². The molecule has 1 atom stereocenters. The fourth-order valence-corrected chi connectivity index (χ4v) is 1.37. The van der Waals surface area contributed by atoms with Gasteiger partial charge >= 0.3 is 17.9 Å². The smallest absolute Gasteiger partial charge is 0.422 e. The largest absolute Gasteiger partial charge is 0.480 e. The fraction of sp³-hybridized carbons (Fsp3) is 0.308. The highest BCUT2D eigenvalue weighted by Crippen LogP contribution is 2.13. The van der Waals surface area contributed by atoms with Crippen molar-refractivity contribution in [2.75, 3.05) is 6.61 Å². The Hall–Kier alpha value is -2.41. The number of carboxylic acid groups (broad SMARTS) is 1. The van der Waals surface area contributed by atoms with Gasteiger partial charge < -0.3 is 20.3 Å². The highest BCUT2D eigenvalue weighted by molar-refractivity contribution is 6.30. The molecule has 7 nitrogen and oxygen atoms in total. The molecular formula is C13H15NO6. The molecule has 0 aliphatic heterocycles.